The molecule has 0 amide bonds. The summed E-state index contributed by atoms with van der Waals surface area (Å²) in [6, 6.07) is 5.88. The van der Waals surface area contributed by atoms with Gasteiger partial charge in [0.25, 0.3) is 0 Å². The molecule has 13 heavy (non-hydrogen) atoms. The molecule has 0 saturated heterocycles. The van der Waals surface area contributed by atoms with Crippen LogP contribution in [0.15, 0.2) is 18.2 Å². The first-order valence-electron chi connectivity index (χ1n) is 3.46. The quantitative estimate of drug-likeness (QED) is 0.508. The average molecular weight is 171 g/mol. The Balaban J connectivity index is 3.20. The highest BCUT2D eigenvalue weighted by Crippen LogP contribution is 2.16. The van der Waals surface area contributed by atoms with Crippen LogP contribution in [-0.2, 0) is 0 Å². The lowest BCUT2D eigenvalue weighted by Gasteiger charge is -1.96. The molecule has 0 spiro atoms. The van der Waals surface area contributed by atoms with Crippen molar-refractivity contribution >= 4 is 6.29 Å². The van der Waals surface area contributed by atoms with E-state index in [1.807, 2.05) is 0 Å². The van der Waals surface area contributed by atoms with Gasteiger partial charge in [0.05, 0.1) is 5.56 Å². The van der Waals surface area contributed by atoms with Crippen LogP contribution in [0.2, 0.25) is 0 Å². The Kier molecular flexibility index (Phi) is 2.68. The minimum atomic E-state index is -0.0339. The maximum absolute atomic E-state index is 10.3. The van der Waals surface area contributed by atoms with Crippen LogP contribution < -0.4 is 0 Å². The van der Waals surface area contributed by atoms with Gasteiger partial charge in [0.15, 0.2) is 6.07 Å². The van der Waals surface area contributed by atoms with E-state index in [0.717, 1.165) is 0 Å². The molecule has 0 aliphatic heterocycles. The molecule has 0 aliphatic rings. The fourth-order valence-electron chi connectivity index (χ4n) is 0.822. The monoisotopic (exact) mass is 171 g/mol. The number of aldehydes is 1. The Morgan fingerprint density at radius 2 is 2.23 bits per heavy atom. The number of carbonyl (C=O) groups excluding carboxylic acids is 1. The first-order chi connectivity index (χ1) is 6.27. The lowest BCUT2D eigenvalue weighted by atomic mass is 10.1. The van der Waals surface area contributed by atoms with Crippen molar-refractivity contribution in [3.05, 3.63) is 29.3 Å². The molecule has 1 aromatic rings. The minimum Gasteiger partial charge on any atom is -0.507 e. The number of carbonyl (C=O) groups is 1. The number of nitrogens with zero attached hydrogens (tertiary/aromatic N) is 1. The number of rotatable bonds is 1. The van der Waals surface area contributed by atoms with E-state index in [2.05, 4.69) is 11.8 Å². The molecule has 1 aromatic carbocycles. The van der Waals surface area contributed by atoms with Crippen molar-refractivity contribution in [3.8, 4) is 23.7 Å². The van der Waals surface area contributed by atoms with Crippen molar-refractivity contribution in [2.24, 2.45) is 0 Å². The number of aromatic hydroxyl groups is 1. The lowest BCUT2D eigenvalue weighted by molar-refractivity contribution is 0.112. The Labute approximate surface area is 75.2 Å². The van der Waals surface area contributed by atoms with Gasteiger partial charge in [-0.3, -0.25) is 4.79 Å². The van der Waals surface area contributed by atoms with Crippen LogP contribution in [0, 0.1) is 23.2 Å². The molecule has 1 N–H and O–H groups in total. The summed E-state index contributed by atoms with van der Waals surface area (Å²) in [4.78, 5) is 10.3. The van der Waals surface area contributed by atoms with E-state index in [9.17, 15) is 9.90 Å². The summed E-state index contributed by atoms with van der Waals surface area (Å²) in [5.41, 5.74) is 0.700. The number of hydrogen-bond acceptors (Lipinski definition) is 3. The molecule has 3 heteroatoms. The minimum absolute atomic E-state index is 0.0339. The van der Waals surface area contributed by atoms with Gasteiger partial charge < -0.3 is 5.11 Å². The highest BCUT2D eigenvalue weighted by molar-refractivity contribution is 5.76. The zero-order valence-corrected chi connectivity index (χ0v) is 6.61. The van der Waals surface area contributed by atoms with Crippen molar-refractivity contribution in [1.82, 2.24) is 0 Å². The van der Waals surface area contributed by atoms with Gasteiger partial charge in [-0.15, -0.1) is 0 Å². The van der Waals surface area contributed by atoms with Crippen molar-refractivity contribution in [1.29, 1.82) is 5.26 Å². The van der Waals surface area contributed by atoms with Crippen LogP contribution >= 0.6 is 0 Å². The summed E-state index contributed by atoms with van der Waals surface area (Å²) in [7, 11) is 0. The van der Waals surface area contributed by atoms with Crippen LogP contribution in [0.25, 0.3) is 0 Å². The number of hydrogen-bond donors (Lipinski definition) is 1. The molecule has 0 aliphatic carbocycles. The fraction of sp³-hybridized carbons (Fsp3) is 0. The van der Waals surface area contributed by atoms with Crippen LogP contribution in [0.1, 0.15) is 15.9 Å². The lowest BCUT2D eigenvalue weighted by Crippen LogP contribution is -1.82. The van der Waals surface area contributed by atoms with E-state index in [1.165, 1.54) is 18.2 Å². The van der Waals surface area contributed by atoms with Gasteiger partial charge in [-0.2, -0.15) is 5.26 Å². The predicted molar refractivity (Wildman–Crippen MR) is 46.0 cm³/mol. The van der Waals surface area contributed by atoms with E-state index in [4.69, 9.17) is 5.26 Å². The second-order valence-electron chi connectivity index (χ2n) is 2.26. The van der Waals surface area contributed by atoms with Crippen LogP contribution in [0.3, 0.4) is 0 Å². The van der Waals surface area contributed by atoms with Crippen LogP contribution in [-0.4, -0.2) is 11.4 Å². The summed E-state index contributed by atoms with van der Waals surface area (Å²) >= 11 is 0. The summed E-state index contributed by atoms with van der Waals surface area (Å²) in [5.74, 6) is 4.52. The van der Waals surface area contributed by atoms with E-state index in [-0.39, 0.29) is 11.3 Å². The Morgan fingerprint density at radius 3 is 2.85 bits per heavy atom. The molecule has 0 heterocycles. The van der Waals surface area contributed by atoms with Gasteiger partial charge in [-0.25, -0.2) is 0 Å². The smallest absolute Gasteiger partial charge is 0.152 e. The molecule has 0 atom stereocenters. The third-order valence-electron chi connectivity index (χ3n) is 1.41. The largest absolute Gasteiger partial charge is 0.507 e. The molecule has 0 fully saturated rings. The predicted octanol–water partition coefficient (Wildman–Crippen LogP) is 1.08. The number of nitriles is 1. The molecule has 1 rings (SSSR count). The van der Waals surface area contributed by atoms with E-state index in [0.29, 0.717) is 11.8 Å². The first-order valence-corrected chi connectivity index (χ1v) is 3.46. The molecule has 0 aromatic heterocycles. The standard InChI is InChI=1S/C10H5NO2/c11-5-1-2-9-6-8(7-12)3-4-10(9)13/h3-4,6-7,13H. The first kappa shape index (κ1) is 8.83. The Morgan fingerprint density at radius 1 is 1.46 bits per heavy atom. The SMILES string of the molecule is N#CC#Cc1cc(C=O)ccc1O. The van der Waals surface area contributed by atoms with Crippen molar-refractivity contribution in [3.63, 3.8) is 0 Å². The molecule has 0 saturated carbocycles. The third-order valence-corrected chi connectivity index (χ3v) is 1.41. The Hall–Kier alpha value is -2.26. The van der Waals surface area contributed by atoms with E-state index < -0.39 is 0 Å². The molecule has 0 radical (unpaired) electrons. The maximum atomic E-state index is 10.3. The highest BCUT2D eigenvalue weighted by Gasteiger charge is 1.98. The second kappa shape index (κ2) is 3.94. The van der Waals surface area contributed by atoms with Gasteiger partial charge in [0, 0.05) is 11.5 Å². The molecule has 3 nitrogen and oxygen atoms in total. The van der Waals surface area contributed by atoms with Gasteiger partial charge >= 0.3 is 0 Å². The number of benzene rings is 1. The Bertz CT molecular complexity index is 432. The van der Waals surface area contributed by atoms with Crippen molar-refractivity contribution in [2.75, 3.05) is 0 Å². The average Bonchev–Trinajstić information content (AvgIpc) is 2.17. The van der Waals surface area contributed by atoms with Crippen molar-refractivity contribution in [2.45, 2.75) is 0 Å². The normalized spacial score (nSPS) is 7.92. The second-order valence-corrected chi connectivity index (χ2v) is 2.26. The molecule has 0 bridgehead atoms. The molecular weight excluding hydrogens is 166 g/mol. The summed E-state index contributed by atoms with van der Waals surface area (Å²) in [5, 5.41) is 17.4. The van der Waals surface area contributed by atoms with Crippen LogP contribution in [0.5, 0.6) is 5.75 Å². The van der Waals surface area contributed by atoms with Gasteiger partial charge in [0.2, 0.25) is 0 Å². The van der Waals surface area contributed by atoms with E-state index >= 15 is 0 Å². The zero-order valence-electron chi connectivity index (χ0n) is 6.61. The topological polar surface area (TPSA) is 61.1 Å². The van der Waals surface area contributed by atoms with Gasteiger partial charge in [-0.05, 0) is 24.1 Å². The van der Waals surface area contributed by atoms with Crippen molar-refractivity contribution < 1.29 is 9.90 Å². The fourth-order valence-corrected chi connectivity index (χ4v) is 0.822. The zero-order chi connectivity index (χ0) is 9.68. The molecule has 62 valence electrons. The maximum Gasteiger partial charge on any atom is 0.152 e. The van der Waals surface area contributed by atoms with Crippen LogP contribution in [0.4, 0.5) is 0 Å². The number of phenols is 1. The summed E-state index contributed by atoms with van der Waals surface area (Å²) < 4.78 is 0. The van der Waals surface area contributed by atoms with Gasteiger partial charge in [-0.1, -0.05) is 0 Å². The van der Waals surface area contributed by atoms with Gasteiger partial charge in [0.1, 0.15) is 12.0 Å². The molecular formula is C10H5NO2. The summed E-state index contributed by atoms with van der Waals surface area (Å²) in [6.07, 6.45) is 0.650. The third kappa shape index (κ3) is 2.08. The summed E-state index contributed by atoms with van der Waals surface area (Å²) in [6.45, 7) is 0. The number of phenolic OH excluding ortho intramolecular Hbond substituents is 1. The van der Waals surface area contributed by atoms with E-state index in [1.54, 1.807) is 6.07 Å². The molecule has 0 unspecified atom stereocenters. The highest BCUT2D eigenvalue weighted by atomic mass is 16.3.